The van der Waals surface area contributed by atoms with Crippen molar-refractivity contribution in [3.8, 4) is 16.8 Å². The van der Waals surface area contributed by atoms with Gasteiger partial charge in [-0.15, -0.1) is 0 Å². The summed E-state index contributed by atoms with van der Waals surface area (Å²) in [6, 6.07) is 13.5. The van der Waals surface area contributed by atoms with Crippen molar-refractivity contribution in [3.05, 3.63) is 69.4 Å². The van der Waals surface area contributed by atoms with E-state index in [1.807, 2.05) is 19.1 Å². The molecule has 23 heavy (non-hydrogen) atoms. The van der Waals surface area contributed by atoms with Gasteiger partial charge in [0.25, 0.3) is 5.69 Å². The maximum absolute atomic E-state index is 10.9. The molecule has 2 N–H and O–H groups in total. The fraction of sp³-hybridized carbons (Fsp3) is 0.0625. The smallest absolute Gasteiger partial charge is 0.271 e. The van der Waals surface area contributed by atoms with Crippen LogP contribution < -0.4 is 5.73 Å². The lowest BCUT2D eigenvalue weighted by atomic mass is 10.1. The first kappa shape index (κ1) is 15.1. The van der Waals surface area contributed by atoms with Crippen LogP contribution in [0.2, 0.25) is 5.02 Å². The molecule has 1 aromatic heterocycles. The summed E-state index contributed by atoms with van der Waals surface area (Å²) >= 11 is 6.04. The Kier molecular flexibility index (Phi) is 3.75. The Bertz CT molecular complexity index is 905. The SMILES string of the molecule is Cc1nn(-c2cccc([N+](=O)[O-])c2)c(N)c1-c1cccc(Cl)c1. The number of aromatic nitrogens is 2. The third-order valence-electron chi connectivity index (χ3n) is 3.49. The van der Waals surface area contributed by atoms with Crippen LogP contribution in [0.25, 0.3) is 16.8 Å². The molecule has 1 heterocycles. The first-order chi connectivity index (χ1) is 11.0. The maximum atomic E-state index is 10.9. The number of non-ortho nitro benzene ring substituents is 1. The summed E-state index contributed by atoms with van der Waals surface area (Å²) in [6.45, 7) is 1.83. The number of nitro benzene ring substituents is 1. The van der Waals surface area contributed by atoms with Crippen LogP contribution in [0.3, 0.4) is 0 Å². The molecule has 0 aliphatic heterocycles. The van der Waals surface area contributed by atoms with Gasteiger partial charge >= 0.3 is 0 Å². The molecule has 0 saturated carbocycles. The van der Waals surface area contributed by atoms with Crippen molar-refractivity contribution in [2.24, 2.45) is 0 Å². The molecule has 0 aliphatic carbocycles. The molecule has 6 nitrogen and oxygen atoms in total. The lowest BCUT2D eigenvalue weighted by Gasteiger charge is -2.06. The zero-order valence-corrected chi connectivity index (χ0v) is 13.0. The molecule has 0 spiro atoms. The van der Waals surface area contributed by atoms with E-state index < -0.39 is 4.92 Å². The van der Waals surface area contributed by atoms with Crippen LogP contribution in [-0.4, -0.2) is 14.7 Å². The molecule has 116 valence electrons. The van der Waals surface area contributed by atoms with Gasteiger partial charge in [0.15, 0.2) is 0 Å². The average Bonchev–Trinajstić information content (AvgIpc) is 2.82. The predicted molar refractivity (Wildman–Crippen MR) is 89.8 cm³/mol. The maximum Gasteiger partial charge on any atom is 0.271 e. The number of hydrogen-bond acceptors (Lipinski definition) is 4. The Labute approximate surface area is 137 Å². The highest BCUT2D eigenvalue weighted by Crippen LogP contribution is 2.33. The summed E-state index contributed by atoms with van der Waals surface area (Å²) in [5.74, 6) is 0.408. The van der Waals surface area contributed by atoms with Crippen LogP contribution in [0.5, 0.6) is 0 Å². The number of nitrogens with zero attached hydrogens (tertiary/aromatic N) is 3. The van der Waals surface area contributed by atoms with Crippen LogP contribution in [0.15, 0.2) is 48.5 Å². The monoisotopic (exact) mass is 328 g/mol. The Hall–Kier alpha value is -2.86. The van der Waals surface area contributed by atoms with E-state index in [2.05, 4.69) is 5.10 Å². The highest BCUT2D eigenvalue weighted by molar-refractivity contribution is 6.30. The van der Waals surface area contributed by atoms with Crippen molar-refractivity contribution >= 4 is 23.1 Å². The fourth-order valence-electron chi connectivity index (χ4n) is 2.48. The van der Waals surface area contributed by atoms with E-state index in [9.17, 15) is 10.1 Å². The number of benzene rings is 2. The largest absolute Gasteiger partial charge is 0.383 e. The van der Waals surface area contributed by atoms with Gasteiger partial charge in [-0.1, -0.05) is 29.8 Å². The van der Waals surface area contributed by atoms with E-state index in [1.54, 1.807) is 24.3 Å². The lowest BCUT2D eigenvalue weighted by molar-refractivity contribution is -0.384. The van der Waals surface area contributed by atoms with Crippen LogP contribution in [-0.2, 0) is 0 Å². The van der Waals surface area contributed by atoms with E-state index in [0.29, 0.717) is 16.5 Å². The van der Waals surface area contributed by atoms with Crippen molar-refractivity contribution < 1.29 is 4.92 Å². The van der Waals surface area contributed by atoms with Gasteiger partial charge in [0.2, 0.25) is 0 Å². The van der Waals surface area contributed by atoms with Crippen molar-refractivity contribution in [1.29, 1.82) is 0 Å². The number of nitro groups is 1. The molecule has 0 atom stereocenters. The van der Waals surface area contributed by atoms with Gasteiger partial charge in [-0.05, 0) is 30.7 Å². The molecule has 3 rings (SSSR count). The number of nitrogens with two attached hydrogens (primary N) is 1. The molecule has 0 bridgehead atoms. The molecule has 0 saturated heterocycles. The van der Waals surface area contributed by atoms with E-state index >= 15 is 0 Å². The van der Waals surface area contributed by atoms with Gasteiger partial charge < -0.3 is 5.73 Å². The molecule has 0 radical (unpaired) electrons. The van der Waals surface area contributed by atoms with Crippen molar-refractivity contribution in [3.63, 3.8) is 0 Å². The summed E-state index contributed by atoms with van der Waals surface area (Å²) in [6.07, 6.45) is 0. The fourth-order valence-corrected chi connectivity index (χ4v) is 2.67. The third kappa shape index (κ3) is 2.76. The molecular formula is C16H13ClN4O2. The topological polar surface area (TPSA) is 87.0 Å². The highest BCUT2D eigenvalue weighted by atomic mass is 35.5. The van der Waals surface area contributed by atoms with Gasteiger partial charge in [-0.2, -0.15) is 5.10 Å². The number of aryl methyl sites for hydroxylation is 1. The van der Waals surface area contributed by atoms with E-state index in [0.717, 1.165) is 16.8 Å². The summed E-state index contributed by atoms with van der Waals surface area (Å²) in [5, 5.41) is 15.9. The minimum atomic E-state index is -0.450. The zero-order valence-electron chi connectivity index (χ0n) is 12.2. The number of halogens is 1. The minimum absolute atomic E-state index is 0.0145. The second-order valence-corrected chi connectivity index (χ2v) is 5.48. The summed E-state index contributed by atoms with van der Waals surface area (Å²) in [7, 11) is 0. The van der Waals surface area contributed by atoms with Gasteiger partial charge in [0.05, 0.1) is 16.3 Å². The van der Waals surface area contributed by atoms with Crippen LogP contribution in [0.1, 0.15) is 5.69 Å². The first-order valence-electron chi connectivity index (χ1n) is 6.83. The molecule has 0 fully saturated rings. The van der Waals surface area contributed by atoms with Gasteiger partial charge in [0, 0.05) is 22.7 Å². The van der Waals surface area contributed by atoms with Crippen molar-refractivity contribution in [1.82, 2.24) is 9.78 Å². The number of anilines is 1. The number of hydrogen-bond donors (Lipinski definition) is 1. The quantitative estimate of drug-likeness (QED) is 0.581. The standard InChI is InChI=1S/C16H13ClN4O2/c1-10-15(11-4-2-5-12(17)8-11)16(18)20(19-10)13-6-3-7-14(9-13)21(22)23/h2-9H,18H2,1H3. The highest BCUT2D eigenvalue weighted by Gasteiger charge is 2.17. The minimum Gasteiger partial charge on any atom is -0.383 e. The first-order valence-corrected chi connectivity index (χ1v) is 7.21. The van der Waals surface area contributed by atoms with Gasteiger partial charge in [-0.25, -0.2) is 4.68 Å². The lowest BCUT2D eigenvalue weighted by Crippen LogP contribution is -2.03. The summed E-state index contributed by atoms with van der Waals surface area (Å²) in [4.78, 5) is 10.5. The molecule has 0 unspecified atom stereocenters. The zero-order chi connectivity index (χ0) is 16.6. The predicted octanol–water partition coefficient (Wildman–Crippen LogP) is 3.99. The molecule has 0 aliphatic rings. The molecule has 2 aromatic carbocycles. The molecule has 3 aromatic rings. The Morgan fingerprint density at radius 1 is 1.22 bits per heavy atom. The van der Waals surface area contributed by atoms with E-state index in [1.165, 1.54) is 16.8 Å². The summed E-state index contributed by atoms with van der Waals surface area (Å²) in [5.41, 5.74) is 9.09. The van der Waals surface area contributed by atoms with Crippen molar-refractivity contribution in [2.45, 2.75) is 6.92 Å². The molecule has 0 amide bonds. The molecule has 7 heteroatoms. The summed E-state index contributed by atoms with van der Waals surface area (Å²) < 4.78 is 1.50. The third-order valence-corrected chi connectivity index (χ3v) is 3.73. The van der Waals surface area contributed by atoms with Gasteiger partial charge in [-0.3, -0.25) is 10.1 Å². The second kappa shape index (κ2) is 5.73. The van der Waals surface area contributed by atoms with Gasteiger partial charge in [0.1, 0.15) is 5.82 Å². The van der Waals surface area contributed by atoms with E-state index in [4.69, 9.17) is 17.3 Å². The second-order valence-electron chi connectivity index (χ2n) is 5.04. The Morgan fingerprint density at radius 3 is 2.65 bits per heavy atom. The van der Waals surface area contributed by atoms with Crippen LogP contribution in [0.4, 0.5) is 11.5 Å². The Balaban J connectivity index is 2.15. The normalized spacial score (nSPS) is 10.7. The molecular weight excluding hydrogens is 316 g/mol. The van der Waals surface area contributed by atoms with Crippen LogP contribution in [0, 0.1) is 17.0 Å². The number of nitrogen functional groups attached to an aromatic ring is 1. The van der Waals surface area contributed by atoms with Crippen LogP contribution >= 0.6 is 11.6 Å². The Morgan fingerprint density at radius 2 is 1.96 bits per heavy atom. The average molecular weight is 329 g/mol. The van der Waals surface area contributed by atoms with E-state index in [-0.39, 0.29) is 5.69 Å². The number of rotatable bonds is 3. The van der Waals surface area contributed by atoms with Crippen molar-refractivity contribution in [2.75, 3.05) is 5.73 Å².